The summed E-state index contributed by atoms with van der Waals surface area (Å²) < 4.78 is 1.97. The van der Waals surface area contributed by atoms with E-state index in [-0.39, 0.29) is 5.56 Å². The second-order valence-corrected chi connectivity index (χ2v) is 7.39. The summed E-state index contributed by atoms with van der Waals surface area (Å²) in [5, 5.41) is 10.0. The number of hydrogen-bond donors (Lipinski definition) is 1. The fourth-order valence-electron chi connectivity index (χ4n) is 3.05. The Morgan fingerprint density at radius 3 is 2.63 bits per heavy atom. The van der Waals surface area contributed by atoms with Crippen molar-refractivity contribution in [2.45, 2.75) is 24.8 Å². The summed E-state index contributed by atoms with van der Waals surface area (Å²) in [5.74, 6) is 1.97. The fraction of sp³-hybridized carbons (Fsp3) is 0.200. The molecular weight excluding hydrogens is 358 g/mol. The lowest BCUT2D eigenvalue weighted by Crippen LogP contribution is -2.12. The smallest absolute Gasteiger partial charge is 0.258 e. The summed E-state index contributed by atoms with van der Waals surface area (Å²) in [7, 11) is 1.95. The maximum Gasteiger partial charge on any atom is 0.258 e. The number of H-pyrrole nitrogens is 1. The predicted octanol–water partition coefficient (Wildman–Crippen LogP) is 3.63. The quantitative estimate of drug-likeness (QED) is 0.550. The standard InChI is InChI=1S/C20H19N5OS/c1-12-7-4-5-9-14(12)18-23-24-20(25(18)3)27-11-16-21-17-13(2)8-6-10-15(17)19(26)22-16/h4-10H,11H2,1-3H3,(H,21,22,26). The molecule has 6 nitrogen and oxygen atoms in total. The van der Waals surface area contributed by atoms with Crippen LogP contribution >= 0.6 is 11.8 Å². The zero-order chi connectivity index (χ0) is 19.0. The molecule has 0 fully saturated rings. The molecule has 4 rings (SSSR count). The van der Waals surface area contributed by atoms with E-state index in [4.69, 9.17) is 0 Å². The van der Waals surface area contributed by atoms with Crippen LogP contribution in [0.1, 0.15) is 17.0 Å². The average Bonchev–Trinajstić information content (AvgIpc) is 3.02. The Balaban J connectivity index is 1.62. The van der Waals surface area contributed by atoms with E-state index in [0.717, 1.165) is 33.2 Å². The Hall–Kier alpha value is -2.93. The van der Waals surface area contributed by atoms with Crippen molar-refractivity contribution in [1.82, 2.24) is 24.7 Å². The van der Waals surface area contributed by atoms with Crippen LogP contribution in [0, 0.1) is 13.8 Å². The molecule has 136 valence electrons. The maximum atomic E-state index is 12.3. The summed E-state index contributed by atoms with van der Waals surface area (Å²) in [6.07, 6.45) is 0. The molecule has 7 heteroatoms. The first-order chi connectivity index (χ1) is 13.0. The third-order valence-electron chi connectivity index (χ3n) is 4.55. The number of thioether (sulfide) groups is 1. The average molecular weight is 377 g/mol. The minimum Gasteiger partial charge on any atom is -0.309 e. The van der Waals surface area contributed by atoms with Crippen LogP contribution in [0.5, 0.6) is 0 Å². The van der Waals surface area contributed by atoms with Crippen molar-refractivity contribution in [3.05, 3.63) is 69.8 Å². The molecule has 0 saturated heterocycles. The van der Waals surface area contributed by atoms with E-state index < -0.39 is 0 Å². The molecule has 2 heterocycles. The molecule has 0 aliphatic rings. The highest BCUT2D eigenvalue weighted by molar-refractivity contribution is 7.98. The maximum absolute atomic E-state index is 12.3. The van der Waals surface area contributed by atoms with Crippen molar-refractivity contribution in [3.8, 4) is 11.4 Å². The Morgan fingerprint density at radius 1 is 1.04 bits per heavy atom. The van der Waals surface area contributed by atoms with Gasteiger partial charge >= 0.3 is 0 Å². The summed E-state index contributed by atoms with van der Waals surface area (Å²) in [6.45, 7) is 4.02. The van der Waals surface area contributed by atoms with Gasteiger partial charge < -0.3 is 9.55 Å². The fourth-order valence-corrected chi connectivity index (χ4v) is 3.83. The molecule has 2 aromatic carbocycles. The van der Waals surface area contributed by atoms with Crippen molar-refractivity contribution >= 4 is 22.7 Å². The first-order valence-electron chi connectivity index (χ1n) is 8.61. The molecule has 1 N–H and O–H groups in total. The first-order valence-corrected chi connectivity index (χ1v) is 9.60. The largest absolute Gasteiger partial charge is 0.309 e. The van der Waals surface area contributed by atoms with Crippen molar-refractivity contribution in [3.63, 3.8) is 0 Å². The molecule has 0 radical (unpaired) electrons. The number of fused-ring (bicyclic) bond motifs is 1. The monoisotopic (exact) mass is 377 g/mol. The van der Waals surface area contributed by atoms with Gasteiger partial charge in [0.05, 0.1) is 16.7 Å². The topological polar surface area (TPSA) is 76.5 Å². The summed E-state index contributed by atoms with van der Waals surface area (Å²) >= 11 is 1.50. The molecule has 0 bridgehead atoms. The van der Waals surface area contributed by atoms with E-state index in [0.29, 0.717) is 17.0 Å². The lowest BCUT2D eigenvalue weighted by atomic mass is 10.1. The molecule has 0 amide bonds. The van der Waals surface area contributed by atoms with E-state index in [1.165, 1.54) is 11.8 Å². The zero-order valence-electron chi connectivity index (χ0n) is 15.4. The SMILES string of the molecule is Cc1ccccc1-c1nnc(SCc2nc3c(C)cccc3c(=O)[nH]2)n1C. The van der Waals surface area contributed by atoms with Crippen LogP contribution in [0.2, 0.25) is 0 Å². The number of nitrogens with zero attached hydrogens (tertiary/aromatic N) is 4. The number of aromatic amines is 1. The van der Waals surface area contributed by atoms with Crippen molar-refractivity contribution in [2.24, 2.45) is 7.05 Å². The Bertz CT molecular complexity index is 1190. The van der Waals surface area contributed by atoms with Crippen LogP contribution < -0.4 is 5.56 Å². The van der Waals surface area contributed by atoms with Crippen LogP contribution in [-0.4, -0.2) is 24.7 Å². The minimum absolute atomic E-state index is 0.113. The van der Waals surface area contributed by atoms with Crippen LogP contribution in [0.4, 0.5) is 0 Å². The van der Waals surface area contributed by atoms with Crippen molar-refractivity contribution < 1.29 is 0 Å². The minimum atomic E-state index is -0.113. The Labute approximate surface area is 160 Å². The molecule has 27 heavy (non-hydrogen) atoms. The van der Waals surface area contributed by atoms with E-state index in [1.807, 2.05) is 48.9 Å². The molecule has 4 aromatic rings. The second kappa shape index (κ2) is 7.00. The Kier molecular flexibility index (Phi) is 4.53. The third-order valence-corrected chi connectivity index (χ3v) is 5.58. The van der Waals surface area contributed by atoms with Gasteiger partial charge in [-0.25, -0.2) is 4.98 Å². The molecule has 0 aliphatic carbocycles. The number of nitrogens with one attached hydrogen (secondary N) is 1. The molecule has 0 unspecified atom stereocenters. The molecule has 2 aromatic heterocycles. The van der Waals surface area contributed by atoms with Crippen molar-refractivity contribution in [1.29, 1.82) is 0 Å². The van der Waals surface area contributed by atoms with Crippen LogP contribution in [0.15, 0.2) is 52.4 Å². The number of para-hydroxylation sites is 1. The number of aryl methyl sites for hydroxylation is 2. The van der Waals surface area contributed by atoms with E-state index >= 15 is 0 Å². The van der Waals surface area contributed by atoms with Gasteiger partial charge in [-0.1, -0.05) is 48.2 Å². The molecule has 0 aliphatic heterocycles. The van der Waals surface area contributed by atoms with Gasteiger partial charge in [0, 0.05) is 12.6 Å². The first kappa shape index (κ1) is 17.5. The van der Waals surface area contributed by atoms with Gasteiger partial charge in [-0.15, -0.1) is 10.2 Å². The predicted molar refractivity (Wildman–Crippen MR) is 108 cm³/mol. The molecule has 0 atom stereocenters. The number of hydrogen-bond acceptors (Lipinski definition) is 5. The van der Waals surface area contributed by atoms with E-state index in [9.17, 15) is 4.79 Å². The van der Waals surface area contributed by atoms with Gasteiger partial charge in [-0.3, -0.25) is 4.79 Å². The van der Waals surface area contributed by atoms with Gasteiger partial charge in [-0.05, 0) is 31.0 Å². The zero-order valence-corrected chi connectivity index (χ0v) is 16.2. The molecule has 0 saturated carbocycles. The summed E-state index contributed by atoms with van der Waals surface area (Å²) in [6, 6.07) is 13.7. The second-order valence-electron chi connectivity index (χ2n) is 6.45. The number of aromatic nitrogens is 5. The lowest BCUT2D eigenvalue weighted by Gasteiger charge is -2.07. The number of benzene rings is 2. The van der Waals surface area contributed by atoms with Crippen LogP contribution in [0.25, 0.3) is 22.3 Å². The van der Waals surface area contributed by atoms with Gasteiger partial charge in [0.25, 0.3) is 5.56 Å². The van der Waals surface area contributed by atoms with Crippen LogP contribution in [0.3, 0.4) is 0 Å². The lowest BCUT2D eigenvalue weighted by molar-refractivity contribution is 0.792. The van der Waals surface area contributed by atoms with E-state index in [2.05, 4.69) is 33.2 Å². The third kappa shape index (κ3) is 3.26. The van der Waals surface area contributed by atoms with Gasteiger partial charge in [0.2, 0.25) is 0 Å². The van der Waals surface area contributed by atoms with Gasteiger partial charge in [0.15, 0.2) is 11.0 Å². The number of rotatable bonds is 4. The normalized spacial score (nSPS) is 11.2. The van der Waals surface area contributed by atoms with Crippen molar-refractivity contribution in [2.75, 3.05) is 0 Å². The summed E-state index contributed by atoms with van der Waals surface area (Å²) in [4.78, 5) is 19.8. The molecular formula is C20H19N5OS. The molecule has 0 spiro atoms. The highest BCUT2D eigenvalue weighted by Gasteiger charge is 2.14. The van der Waals surface area contributed by atoms with E-state index in [1.54, 1.807) is 6.07 Å². The Morgan fingerprint density at radius 2 is 1.81 bits per heavy atom. The van der Waals surface area contributed by atoms with Gasteiger partial charge in [-0.2, -0.15) is 0 Å². The summed E-state index contributed by atoms with van der Waals surface area (Å²) in [5.41, 5.74) is 3.84. The highest BCUT2D eigenvalue weighted by atomic mass is 32.2. The van der Waals surface area contributed by atoms with Gasteiger partial charge in [0.1, 0.15) is 5.82 Å². The highest BCUT2D eigenvalue weighted by Crippen LogP contribution is 2.26. The van der Waals surface area contributed by atoms with Crippen LogP contribution in [-0.2, 0) is 12.8 Å².